The van der Waals surface area contributed by atoms with Crippen LogP contribution in [-0.4, -0.2) is 159 Å². The number of likely N-dealkylation sites (N-methyl/N-ethyl adjacent to an activating group) is 1. The van der Waals surface area contributed by atoms with Gasteiger partial charge < -0.3 is 53.0 Å². The Morgan fingerprint density at radius 1 is 1.04 bits per heavy atom. The summed E-state index contributed by atoms with van der Waals surface area (Å²) in [5.41, 5.74) is -0.788. The highest BCUT2D eigenvalue weighted by molar-refractivity contribution is 7.99. The predicted octanol–water partition coefficient (Wildman–Crippen LogP) is 6.02. The van der Waals surface area contributed by atoms with E-state index in [1.54, 1.807) is 70.3 Å². The maximum Gasteiger partial charge on any atom is 0.410 e. The number of nitrogens with one attached hydrogen (secondary N) is 1. The van der Waals surface area contributed by atoms with E-state index < -0.39 is 89.7 Å². The molecule has 1 amide bonds. The van der Waals surface area contributed by atoms with Crippen LogP contribution >= 0.6 is 11.8 Å². The molecule has 14 atom stereocenters. The Morgan fingerprint density at radius 2 is 1.79 bits per heavy atom. The van der Waals surface area contributed by atoms with E-state index in [4.69, 9.17) is 33.2 Å². The zero-order valence-electron chi connectivity index (χ0n) is 41.6. The molecule has 0 saturated carbocycles. The van der Waals surface area contributed by atoms with E-state index in [1.165, 1.54) is 18.9 Å². The maximum atomic E-state index is 15.0. The number of carbonyl (C=O) groups is 4. The molecular formula is C49H72N6O12S. The number of esters is 2. The highest BCUT2D eigenvalue weighted by Gasteiger charge is 2.60. The Morgan fingerprint density at radius 3 is 2.46 bits per heavy atom. The van der Waals surface area contributed by atoms with Crippen molar-refractivity contribution in [2.24, 2.45) is 23.7 Å². The fourth-order valence-corrected chi connectivity index (χ4v) is 11.4. The third-order valence-electron chi connectivity index (χ3n) is 14.2. The van der Waals surface area contributed by atoms with Crippen molar-refractivity contribution in [2.75, 3.05) is 40.6 Å². The number of thioether (sulfide) groups is 1. The average molecular weight is 969 g/mol. The second-order valence-corrected chi connectivity index (χ2v) is 20.5. The van der Waals surface area contributed by atoms with E-state index in [1.807, 2.05) is 52.8 Å². The minimum Gasteiger partial charge on any atom is -0.481 e. The third kappa shape index (κ3) is 11.6. The van der Waals surface area contributed by atoms with Crippen molar-refractivity contribution >= 4 is 46.7 Å². The molecule has 2 N–H and O–H groups in total. The van der Waals surface area contributed by atoms with Crippen LogP contribution in [0.4, 0.5) is 4.79 Å². The number of unbranched alkanes of at least 4 members (excludes halogenated alkanes) is 1. The van der Waals surface area contributed by atoms with Crippen molar-refractivity contribution in [2.45, 2.75) is 159 Å². The number of Topliss-reactive ketones (excluding diaryl/α,β-unsaturated/α-hetero) is 1. The van der Waals surface area contributed by atoms with Crippen LogP contribution < -0.4 is 4.74 Å². The number of methoxy groups -OCH3 is 2. The lowest BCUT2D eigenvalue weighted by molar-refractivity contribution is -0.301. The summed E-state index contributed by atoms with van der Waals surface area (Å²) in [6.07, 6.45) is -1.10. The van der Waals surface area contributed by atoms with Crippen molar-refractivity contribution in [3.05, 3.63) is 42.2 Å². The third-order valence-corrected chi connectivity index (χ3v) is 15.2. The summed E-state index contributed by atoms with van der Waals surface area (Å²) in [6, 6.07) is 5.97. The molecule has 68 heavy (non-hydrogen) atoms. The number of aromatic amines is 1. The highest BCUT2D eigenvalue weighted by atomic mass is 32.2. The lowest BCUT2D eigenvalue weighted by atomic mass is 9.73. The molecular weight excluding hydrogens is 897 g/mol. The smallest absolute Gasteiger partial charge is 0.410 e. The van der Waals surface area contributed by atoms with E-state index >= 15 is 4.79 Å². The number of hydrogen-bond acceptors (Lipinski definition) is 17. The summed E-state index contributed by atoms with van der Waals surface area (Å²) in [5, 5.41) is 12.5. The van der Waals surface area contributed by atoms with Crippen LogP contribution in [0.5, 0.6) is 5.88 Å². The van der Waals surface area contributed by atoms with E-state index in [9.17, 15) is 19.5 Å². The number of aliphatic hydroxyl groups is 1. The number of ether oxygens (including phenoxy) is 7. The van der Waals surface area contributed by atoms with Crippen LogP contribution in [0.25, 0.3) is 11.2 Å². The zero-order valence-corrected chi connectivity index (χ0v) is 42.4. The normalized spacial score (nSPS) is 34.0. The van der Waals surface area contributed by atoms with Crippen LogP contribution in [0, 0.1) is 23.7 Å². The molecule has 18 nitrogen and oxygen atoms in total. The number of carbonyl (C=O) groups excluding carboxylic acids is 4. The Balaban J connectivity index is 1.33. The SMILES string of the molecule is CC[C@H]1OC(=O)[C@H](C)[C@@H](OC(=O)Cc2cccnc2)[C@H](C)[C@@H](O[C@@H]2O[C@H](C)C[C@H](N(C)C)[C@H]2O)[C@@](C)(OC)C[C@@H](C)C(=O)[C@H](C)[C@H]2N(CCCCSc3nc4nc(OC)ccc4[nH]3)C(=O)O[C@]12C. The largest absolute Gasteiger partial charge is 0.481 e. The van der Waals surface area contributed by atoms with Crippen molar-refractivity contribution in [3.8, 4) is 5.88 Å². The van der Waals surface area contributed by atoms with Gasteiger partial charge in [-0.05, 0) is 91.6 Å². The quantitative estimate of drug-likeness (QED) is 0.0771. The number of pyridine rings is 2. The van der Waals surface area contributed by atoms with E-state index in [-0.39, 0.29) is 43.7 Å². The highest BCUT2D eigenvalue weighted by Crippen LogP contribution is 2.44. The molecule has 3 aliphatic rings. The number of cyclic esters (lactones) is 1. The first-order valence-electron chi connectivity index (χ1n) is 23.8. The second-order valence-electron chi connectivity index (χ2n) is 19.4. The van der Waals surface area contributed by atoms with E-state index in [0.717, 1.165) is 5.52 Å². The monoisotopic (exact) mass is 968 g/mol. The number of ketones is 1. The molecule has 3 fully saturated rings. The van der Waals surface area contributed by atoms with Gasteiger partial charge in [0, 0.05) is 61.7 Å². The number of aromatic nitrogens is 4. The first kappa shape index (κ1) is 53.0. The second kappa shape index (κ2) is 22.6. The first-order valence-corrected chi connectivity index (χ1v) is 24.8. The van der Waals surface area contributed by atoms with Crippen LogP contribution in [0.2, 0.25) is 0 Å². The Hall–Kier alpha value is -4.40. The van der Waals surface area contributed by atoms with Gasteiger partial charge in [0.05, 0.1) is 48.8 Å². The van der Waals surface area contributed by atoms with Gasteiger partial charge in [0.1, 0.15) is 24.1 Å². The Labute approximate surface area is 404 Å². The average Bonchev–Trinajstić information content (AvgIpc) is 3.84. The first-order chi connectivity index (χ1) is 32.2. The summed E-state index contributed by atoms with van der Waals surface area (Å²) in [7, 11) is 6.83. The number of rotatable bonds is 15. The molecule has 6 heterocycles. The van der Waals surface area contributed by atoms with Gasteiger partial charge in [-0.3, -0.25) is 19.4 Å². The van der Waals surface area contributed by atoms with Crippen LogP contribution in [0.3, 0.4) is 0 Å². The molecule has 0 spiro atoms. The molecule has 0 unspecified atom stereocenters. The van der Waals surface area contributed by atoms with Crippen molar-refractivity contribution in [1.82, 2.24) is 29.7 Å². The zero-order chi connectivity index (χ0) is 49.7. The molecule has 6 rings (SSSR count). The van der Waals surface area contributed by atoms with Crippen molar-refractivity contribution in [3.63, 3.8) is 0 Å². The lowest BCUT2D eigenvalue weighted by Crippen LogP contribution is -2.61. The van der Waals surface area contributed by atoms with Crippen LogP contribution in [0.15, 0.2) is 41.8 Å². The van der Waals surface area contributed by atoms with Gasteiger partial charge in [-0.15, -0.1) is 0 Å². The maximum absolute atomic E-state index is 15.0. The van der Waals surface area contributed by atoms with Crippen molar-refractivity contribution < 1.29 is 57.4 Å². The van der Waals surface area contributed by atoms with E-state index in [2.05, 4.69) is 19.9 Å². The van der Waals surface area contributed by atoms with Gasteiger partial charge >= 0.3 is 18.0 Å². The molecule has 3 aliphatic heterocycles. The number of imidazole rings is 1. The Bertz CT molecular complexity index is 2200. The number of fused-ring (bicyclic) bond motifs is 2. The minimum absolute atomic E-state index is 0.114. The van der Waals surface area contributed by atoms with Gasteiger partial charge in [0.15, 0.2) is 22.7 Å². The van der Waals surface area contributed by atoms with E-state index in [0.29, 0.717) is 47.3 Å². The topological polar surface area (TPSA) is 214 Å². The summed E-state index contributed by atoms with van der Waals surface area (Å²) >= 11 is 1.53. The van der Waals surface area contributed by atoms with Gasteiger partial charge in [0.25, 0.3) is 0 Å². The number of hydrogen-bond donors (Lipinski definition) is 2. The summed E-state index contributed by atoms with van der Waals surface area (Å²) < 4.78 is 43.8. The molecule has 0 aliphatic carbocycles. The number of aliphatic hydroxyl groups excluding tert-OH is 1. The fourth-order valence-electron chi connectivity index (χ4n) is 10.5. The van der Waals surface area contributed by atoms with Gasteiger partial charge in [-0.1, -0.05) is 45.5 Å². The molecule has 3 saturated heterocycles. The lowest BCUT2D eigenvalue weighted by Gasteiger charge is -2.48. The molecule has 3 aromatic heterocycles. The summed E-state index contributed by atoms with van der Waals surface area (Å²) in [6.45, 7) is 14.6. The van der Waals surface area contributed by atoms with Crippen molar-refractivity contribution in [1.29, 1.82) is 0 Å². The number of H-pyrrole nitrogens is 1. The summed E-state index contributed by atoms with van der Waals surface area (Å²) in [5.74, 6) is -3.69. The Kier molecular flexibility index (Phi) is 17.6. The van der Waals surface area contributed by atoms with Gasteiger partial charge in [-0.25, -0.2) is 9.78 Å². The molecule has 0 radical (unpaired) electrons. The molecule has 0 bridgehead atoms. The molecule has 0 aromatic carbocycles. The van der Waals surface area contributed by atoms with Gasteiger partial charge in [0.2, 0.25) is 5.88 Å². The molecule has 3 aromatic rings. The van der Waals surface area contributed by atoms with Crippen LogP contribution in [0.1, 0.15) is 93.1 Å². The molecule has 376 valence electrons. The molecule has 19 heteroatoms. The van der Waals surface area contributed by atoms with Crippen LogP contribution in [-0.2, 0) is 49.2 Å². The predicted molar refractivity (Wildman–Crippen MR) is 253 cm³/mol. The standard InChI is InChI=1S/C49H72N6O12S/c1-13-35-49(8)41(55(47(60)67-49)21-14-15-22-68-46-51-33-18-19-36(61-11)52-43(33)53-46)29(4)38(57)27(2)25-48(7,62-12)42(66-45-39(58)34(54(9)10)23-28(3)63-45)30(5)40(31(6)44(59)64-35)65-37(56)24-32-17-16-20-50-26-32/h16-20,26-31,34-35,39-42,45,58H,13-15,21-25H2,1-12H3,(H,51,52,53)/t27-,28-,29+,30+,31-,34+,35-,39-,40+,41-,42-,45+,48+,49-/m1/s1. The summed E-state index contributed by atoms with van der Waals surface area (Å²) in [4.78, 5) is 77.7. The minimum atomic E-state index is -1.44. The fraction of sp³-hybridized carbons (Fsp3) is 0.694. The number of amides is 1. The van der Waals surface area contributed by atoms with Gasteiger partial charge in [-0.2, -0.15) is 4.98 Å². The number of nitrogens with zero attached hydrogens (tertiary/aromatic N) is 5.